The van der Waals surface area contributed by atoms with Gasteiger partial charge in [-0.2, -0.15) is 0 Å². The predicted octanol–water partition coefficient (Wildman–Crippen LogP) is 3.90. The van der Waals surface area contributed by atoms with Crippen LogP contribution in [0.25, 0.3) is 0 Å². The van der Waals surface area contributed by atoms with Gasteiger partial charge in [-0.3, -0.25) is 0 Å². The van der Waals surface area contributed by atoms with Gasteiger partial charge in [0.15, 0.2) is 0 Å². The fourth-order valence-corrected chi connectivity index (χ4v) is 2.42. The SMILES string of the molecule is COc1ccc(Cl)cc1CC(C)(N)c1cccc(F)c1. The van der Waals surface area contributed by atoms with E-state index in [1.165, 1.54) is 12.1 Å². The van der Waals surface area contributed by atoms with Gasteiger partial charge in [-0.05, 0) is 54.8 Å². The lowest BCUT2D eigenvalue weighted by Gasteiger charge is -2.26. The minimum absolute atomic E-state index is 0.294. The highest BCUT2D eigenvalue weighted by Gasteiger charge is 2.24. The Morgan fingerprint density at radius 3 is 2.65 bits per heavy atom. The zero-order valence-corrected chi connectivity index (χ0v) is 12.2. The van der Waals surface area contributed by atoms with Gasteiger partial charge in [0.1, 0.15) is 11.6 Å². The molecule has 20 heavy (non-hydrogen) atoms. The van der Waals surface area contributed by atoms with Gasteiger partial charge < -0.3 is 10.5 Å². The van der Waals surface area contributed by atoms with E-state index in [9.17, 15) is 4.39 Å². The van der Waals surface area contributed by atoms with Crippen molar-refractivity contribution >= 4 is 11.6 Å². The largest absolute Gasteiger partial charge is 0.496 e. The van der Waals surface area contributed by atoms with Crippen LogP contribution in [0.2, 0.25) is 5.02 Å². The van der Waals surface area contributed by atoms with Gasteiger partial charge in [-0.25, -0.2) is 4.39 Å². The number of hydrogen-bond donors (Lipinski definition) is 1. The molecule has 0 aliphatic rings. The molecule has 0 spiro atoms. The first-order valence-electron chi connectivity index (χ1n) is 6.30. The van der Waals surface area contributed by atoms with Crippen LogP contribution in [0, 0.1) is 5.82 Å². The second-order valence-corrected chi connectivity index (χ2v) is 5.50. The number of benzene rings is 2. The van der Waals surface area contributed by atoms with E-state index in [1.807, 2.05) is 19.1 Å². The molecular formula is C16H17ClFNO. The maximum absolute atomic E-state index is 13.3. The molecule has 2 aromatic carbocycles. The lowest BCUT2D eigenvalue weighted by atomic mass is 9.86. The van der Waals surface area contributed by atoms with Crippen molar-refractivity contribution in [2.24, 2.45) is 5.73 Å². The summed E-state index contributed by atoms with van der Waals surface area (Å²) in [6.45, 7) is 1.86. The number of methoxy groups -OCH3 is 1. The summed E-state index contributed by atoms with van der Waals surface area (Å²) in [5.74, 6) is 0.430. The van der Waals surface area contributed by atoms with Crippen LogP contribution in [0.15, 0.2) is 42.5 Å². The third kappa shape index (κ3) is 3.30. The molecule has 0 saturated carbocycles. The van der Waals surface area contributed by atoms with Crippen molar-refractivity contribution in [2.75, 3.05) is 7.11 Å². The van der Waals surface area contributed by atoms with Gasteiger partial charge in [0.05, 0.1) is 7.11 Å². The summed E-state index contributed by atoms with van der Waals surface area (Å²) in [4.78, 5) is 0. The van der Waals surface area contributed by atoms with Gasteiger partial charge >= 0.3 is 0 Å². The Kier molecular flexibility index (Phi) is 4.31. The molecule has 0 saturated heterocycles. The molecule has 0 aliphatic heterocycles. The molecule has 0 fully saturated rings. The molecule has 4 heteroatoms. The minimum Gasteiger partial charge on any atom is -0.496 e. The van der Waals surface area contributed by atoms with Crippen molar-refractivity contribution in [3.63, 3.8) is 0 Å². The van der Waals surface area contributed by atoms with E-state index in [0.29, 0.717) is 11.4 Å². The van der Waals surface area contributed by atoms with E-state index in [-0.39, 0.29) is 5.82 Å². The van der Waals surface area contributed by atoms with E-state index < -0.39 is 5.54 Å². The molecule has 0 bridgehead atoms. The molecule has 0 aromatic heterocycles. The first-order chi connectivity index (χ1) is 9.42. The lowest BCUT2D eigenvalue weighted by Crippen LogP contribution is -2.35. The molecule has 0 heterocycles. The van der Waals surface area contributed by atoms with Crippen molar-refractivity contribution < 1.29 is 9.13 Å². The Morgan fingerprint density at radius 2 is 2.00 bits per heavy atom. The quantitative estimate of drug-likeness (QED) is 0.928. The number of ether oxygens (including phenoxy) is 1. The summed E-state index contributed by atoms with van der Waals surface area (Å²) in [7, 11) is 1.60. The third-order valence-electron chi connectivity index (χ3n) is 3.28. The maximum atomic E-state index is 13.3. The maximum Gasteiger partial charge on any atom is 0.123 e. The third-order valence-corrected chi connectivity index (χ3v) is 3.52. The molecule has 0 amide bonds. The van der Waals surface area contributed by atoms with Gasteiger partial charge in [0.25, 0.3) is 0 Å². The van der Waals surface area contributed by atoms with Crippen molar-refractivity contribution in [1.82, 2.24) is 0 Å². The van der Waals surface area contributed by atoms with Crippen LogP contribution in [0.1, 0.15) is 18.1 Å². The van der Waals surface area contributed by atoms with Crippen molar-refractivity contribution in [1.29, 1.82) is 0 Å². The monoisotopic (exact) mass is 293 g/mol. The Morgan fingerprint density at radius 1 is 1.25 bits per heavy atom. The molecule has 1 atom stereocenters. The van der Waals surface area contributed by atoms with Crippen LogP contribution in [0.5, 0.6) is 5.75 Å². The van der Waals surface area contributed by atoms with E-state index in [0.717, 1.165) is 16.9 Å². The normalized spacial score (nSPS) is 13.8. The van der Waals surface area contributed by atoms with Crippen LogP contribution >= 0.6 is 11.6 Å². The second-order valence-electron chi connectivity index (χ2n) is 5.06. The van der Waals surface area contributed by atoms with Crippen LogP contribution in [-0.2, 0) is 12.0 Å². The molecule has 0 aliphatic carbocycles. The highest BCUT2D eigenvalue weighted by molar-refractivity contribution is 6.30. The number of hydrogen-bond acceptors (Lipinski definition) is 2. The average Bonchev–Trinajstić information content (AvgIpc) is 2.38. The Bertz CT molecular complexity index is 613. The standard InChI is InChI=1S/C16H17ClFNO/c1-16(19,12-4-3-5-14(18)9-12)10-11-8-13(17)6-7-15(11)20-2/h3-9H,10,19H2,1-2H3. The summed E-state index contributed by atoms with van der Waals surface area (Å²) in [6, 6.07) is 11.7. The first kappa shape index (κ1) is 14.8. The molecule has 0 radical (unpaired) electrons. The van der Waals surface area contributed by atoms with Crippen molar-refractivity contribution in [2.45, 2.75) is 18.9 Å². The van der Waals surface area contributed by atoms with Crippen LogP contribution in [0.4, 0.5) is 4.39 Å². The Balaban J connectivity index is 2.35. The highest BCUT2D eigenvalue weighted by Crippen LogP contribution is 2.30. The number of halogens is 2. The zero-order chi connectivity index (χ0) is 14.8. The fourth-order valence-electron chi connectivity index (χ4n) is 2.23. The van der Waals surface area contributed by atoms with E-state index in [2.05, 4.69) is 0 Å². The zero-order valence-electron chi connectivity index (χ0n) is 11.5. The van der Waals surface area contributed by atoms with Crippen LogP contribution < -0.4 is 10.5 Å². The topological polar surface area (TPSA) is 35.2 Å². The average molecular weight is 294 g/mol. The Hall–Kier alpha value is -1.58. The Labute approximate surface area is 123 Å². The molecule has 1 unspecified atom stereocenters. The lowest BCUT2D eigenvalue weighted by molar-refractivity contribution is 0.399. The summed E-state index contributed by atoms with van der Waals surface area (Å²) in [5.41, 5.74) is 7.27. The van der Waals surface area contributed by atoms with E-state index >= 15 is 0 Å². The number of rotatable bonds is 4. The molecule has 2 N–H and O–H groups in total. The molecular weight excluding hydrogens is 277 g/mol. The predicted molar refractivity (Wildman–Crippen MR) is 79.6 cm³/mol. The minimum atomic E-state index is -0.708. The summed E-state index contributed by atoms with van der Waals surface area (Å²) >= 11 is 6.02. The highest BCUT2D eigenvalue weighted by atomic mass is 35.5. The van der Waals surface area contributed by atoms with Gasteiger partial charge in [-0.1, -0.05) is 23.7 Å². The molecule has 106 valence electrons. The number of nitrogens with two attached hydrogens (primary N) is 1. The van der Waals surface area contributed by atoms with Gasteiger partial charge in [0.2, 0.25) is 0 Å². The summed E-state index contributed by atoms with van der Waals surface area (Å²) in [5, 5.41) is 0.621. The van der Waals surface area contributed by atoms with Gasteiger partial charge in [0, 0.05) is 10.6 Å². The summed E-state index contributed by atoms with van der Waals surface area (Å²) < 4.78 is 18.7. The smallest absolute Gasteiger partial charge is 0.123 e. The van der Waals surface area contributed by atoms with Gasteiger partial charge in [-0.15, -0.1) is 0 Å². The van der Waals surface area contributed by atoms with Crippen molar-refractivity contribution in [3.05, 3.63) is 64.4 Å². The van der Waals surface area contributed by atoms with Crippen LogP contribution in [-0.4, -0.2) is 7.11 Å². The van der Waals surface area contributed by atoms with Crippen molar-refractivity contribution in [3.8, 4) is 5.75 Å². The molecule has 2 rings (SSSR count). The molecule has 2 nitrogen and oxygen atoms in total. The second kappa shape index (κ2) is 5.81. The fraction of sp³-hybridized carbons (Fsp3) is 0.250. The first-order valence-corrected chi connectivity index (χ1v) is 6.67. The molecule has 2 aromatic rings. The summed E-state index contributed by atoms with van der Waals surface area (Å²) in [6.07, 6.45) is 0.500. The van der Waals surface area contributed by atoms with E-state index in [4.69, 9.17) is 22.1 Å². The van der Waals surface area contributed by atoms with E-state index in [1.54, 1.807) is 25.3 Å². The van der Waals surface area contributed by atoms with Crippen LogP contribution in [0.3, 0.4) is 0 Å².